The molecule has 9 nitrogen and oxygen atoms in total. The van der Waals surface area contributed by atoms with Gasteiger partial charge in [-0.25, -0.2) is 0 Å². The van der Waals surface area contributed by atoms with Gasteiger partial charge in [0.15, 0.2) is 11.5 Å². The maximum absolute atomic E-state index is 12.6. The average molecular weight is 522 g/mol. The van der Waals surface area contributed by atoms with E-state index in [4.69, 9.17) is 24.7 Å². The first kappa shape index (κ1) is 32.1. The quantitative estimate of drug-likeness (QED) is 0.264. The van der Waals surface area contributed by atoms with Crippen LogP contribution < -0.4 is 15.2 Å². The van der Waals surface area contributed by atoms with Crippen LogP contribution in [-0.4, -0.2) is 43.1 Å². The van der Waals surface area contributed by atoms with Crippen molar-refractivity contribution in [3.05, 3.63) is 23.8 Å². The second-order valence-corrected chi connectivity index (χ2v) is 10.1. The van der Waals surface area contributed by atoms with E-state index in [0.29, 0.717) is 5.56 Å². The normalized spacial score (nSPS) is 14.3. The Labute approximate surface area is 220 Å². The number of methoxy groups -OCH3 is 1. The van der Waals surface area contributed by atoms with Crippen molar-refractivity contribution in [2.75, 3.05) is 13.7 Å². The molecule has 0 aliphatic carbocycles. The highest BCUT2D eigenvalue weighted by molar-refractivity contribution is 5.81. The molecule has 0 bridgehead atoms. The van der Waals surface area contributed by atoms with E-state index in [1.807, 2.05) is 27.7 Å². The number of carbonyl (C=O) groups excluding carboxylic acids is 4. The van der Waals surface area contributed by atoms with Crippen molar-refractivity contribution in [3.8, 4) is 11.5 Å². The van der Waals surface area contributed by atoms with Gasteiger partial charge in [-0.2, -0.15) is 0 Å². The van der Waals surface area contributed by atoms with E-state index in [9.17, 15) is 19.2 Å². The summed E-state index contributed by atoms with van der Waals surface area (Å²) < 4.78 is 21.2. The molecule has 9 heteroatoms. The summed E-state index contributed by atoms with van der Waals surface area (Å²) in [5.41, 5.74) is 5.46. The number of carbonyl (C=O) groups is 4. The third-order valence-electron chi connectivity index (χ3n) is 6.26. The minimum atomic E-state index is -1.50. The Hall–Kier alpha value is -2.94. The highest BCUT2D eigenvalue weighted by Gasteiger charge is 2.36. The molecule has 0 fully saturated rings. The van der Waals surface area contributed by atoms with E-state index >= 15 is 0 Å². The summed E-state index contributed by atoms with van der Waals surface area (Å²) in [5, 5.41) is 0. The zero-order valence-electron chi connectivity index (χ0n) is 23.3. The van der Waals surface area contributed by atoms with Gasteiger partial charge in [0.05, 0.1) is 19.6 Å². The Morgan fingerprint density at radius 3 is 1.92 bits per heavy atom. The highest BCUT2D eigenvalue weighted by Crippen LogP contribution is 2.32. The summed E-state index contributed by atoms with van der Waals surface area (Å²) in [7, 11) is 1.23. The van der Waals surface area contributed by atoms with E-state index in [-0.39, 0.29) is 61.5 Å². The molecular formula is C28H43NO8. The smallest absolute Gasteiger partial charge is 0.326 e. The summed E-state index contributed by atoms with van der Waals surface area (Å²) in [6.07, 6.45) is 2.08. The number of nitrogens with two attached hydrogens (primary N) is 1. The summed E-state index contributed by atoms with van der Waals surface area (Å²) in [6.45, 7) is 11.2. The Balaban J connectivity index is 3.21. The Kier molecular flexibility index (Phi) is 13.3. The minimum Gasteiger partial charge on any atom is -0.468 e. The maximum atomic E-state index is 12.6. The van der Waals surface area contributed by atoms with Gasteiger partial charge in [0.25, 0.3) is 0 Å². The number of hydrogen-bond acceptors (Lipinski definition) is 9. The van der Waals surface area contributed by atoms with Gasteiger partial charge in [-0.3, -0.25) is 19.2 Å². The first-order valence-electron chi connectivity index (χ1n) is 12.9. The minimum absolute atomic E-state index is 0.00983. The molecule has 0 saturated heterocycles. The monoisotopic (exact) mass is 521 g/mol. The number of hydrogen-bond donors (Lipinski definition) is 1. The molecule has 0 aliphatic rings. The molecule has 2 unspecified atom stereocenters. The van der Waals surface area contributed by atoms with Crippen molar-refractivity contribution < 1.29 is 38.1 Å². The maximum Gasteiger partial charge on any atom is 0.326 e. The first-order valence-corrected chi connectivity index (χ1v) is 12.9. The first-order chi connectivity index (χ1) is 17.3. The molecule has 0 heterocycles. The van der Waals surface area contributed by atoms with Crippen LogP contribution in [0.4, 0.5) is 0 Å². The zero-order valence-corrected chi connectivity index (χ0v) is 23.3. The molecule has 1 rings (SSSR count). The molecule has 0 aliphatic heterocycles. The largest absolute Gasteiger partial charge is 0.468 e. The van der Waals surface area contributed by atoms with Crippen LogP contribution in [0.5, 0.6) is 11.5 Å². The van der Waals surface area contributed by atoms with Gasteiger partial charge < -0.3 is 24.7 Å². The standard InChI is InChI=1S/C28H43NO8/c1-8-19(5)14-24(30)36-22-11-10-21(16-23(22)37-25(31)15-20(6)9-2)17-28(29,27(33)34-7)12-13-35-26(32)18(3)4/h10-11,16,18-20H,8-9,12-15,17,29H2,1-7H3/t19?,20?,28-/m1/s1. The SMILES string of the molecule is CCC(C)CC(=O)Oc1ccc(C[C@](N)(CCOC(=O)C(C)C)C(=O)OC)cc1OC(=O)CC(C)CC. The predicted molar refractivity (Wildman–Crippen MR) is 139 cm³/mol. The Morgan fingerprint density at radius 2 is 1.43 bits per heavy atom. The zero-order chi connectivity index (χ0) is 28.2. The molecule has 0 saturated carbocycles. The summed E-state index contributed by atoms with van der Waals surface area (Å²) in [6, 6.07) is 4.69. The summed E-state index contributed by atoms with van der Waals surface area (Å²) in [4.78, 5) is 49.3. The molecule has 208 valence electrons. The van der Waals surface area contributed by atoms with Crippen molar-refractivity contribution in [2.45, 2.75) is 85.6 Å². The van der Waals surface area contributed by atoms with Crippen LogP contribution in [0, 0.1) is 17.8 Å². The second kappa shape index (κ2) is 15.3. The lowest BCUT2D eigenvalue weighted by atomic mass is 9.88. The van der Waals surface area contributed by atoms with E-state index in [0.717, 1.165) is 12.8 Å². The lowest BCUT2D eigenvalue weighted by molar-refractivity contribution is -0.152. The van der Waals surface area contributed by atoms with Gasteiger partial charge in [-0.05, 0) is 29.5 Å². The van der Waals surface area contributed by atoms with Gasteiger partial charge in [-0.1, -0.05) is 60.5 Å². The molecule has 0 radical (unpaired) electrons. The fourth-order valence-electron chi connectivity index (χ4n) is 3.34. The van der Waals surface area contributed by atoms with Crippen molar-refractivity contribution in [1.29, 1.82) is 0 Å². The van der Waals surface area contributed by atoms with Gasteiger partial charge in [0, 0.05) is 25.7 Å². The molecule has 0 aromatic heterocycles. The number of ether oxygens (including phenoxy) is 4. The van der Waals surface area contributed by atoms with E-state index < -0.39 is 29.4 Å². The predicted octanol–water partition coefficient (Wildman–Crippen LogP) is 4.37. The summed E-state index contributed by atoms with van der Waals surface area (Å²) in [5.74, 6) is -1.83. The molecule has 37 heavy (non-hydrogen) atoms. The van der Waals surface area contributed by atoms with Crippen LogP contribution in [0.3, 0.4) is 0 Å². The molecule has 2 N–H and O–H groups in total. The van der Waals surface area contributed by atoms with Crippen LogP contribution in [0.25, 0.3) is 0 Å². The molecule has 3 atom stereocenters. The third-order valence-corrected chi connectivity index (χ3v) is 6.26. The van der Waals surface area contributed by atoms with Crippen molar-refractivity contribution in [3.63, 3.8) is 0 Å². The van der Waals surface area contributed by atoms with Gasteiger partial charge in [0.1, 0.15) is 5.54 Å². The van der Waals surface area contributed by atoms with Crippen molar-refractivity contribution in [2.24, 2.45) is 23.5 Å². The van der Waals surface area contributed by atoms with Crippen LogP contribution in [0.15, 0.2) is 18.2 Å². The number of rotatable bonds is 15. The van der Waals surface area contributed by atoms with Gasteiger partial charge in [0.2, 0.25) is 0 Å². The van der Waals surface area contributed by atoms with Gasteiger partial charge in [-0.15, -0.1) is 0 Å². The van der Waals surface area contributed by atoms with E-state index in [1.165, 1.54) is 19.2 Å². The van der Waals surface area contributed by atoms with Gasteiger partial charge >= 0.3 is 23.9 Å². The Morgan fingerprint density at radius 1 is 0.892 bits per heavy atom. The molecule has 0 spiro atoms. The molecule has 1 aromatic rings. The number of benzene rings is 1. The molecule has 0 amide bonds. The van der Waals surface area contributed by atoms with Crippen LogP contribution in [-0.2, 0) is 35.1 Å². The Bertz CT molecular complexity index is 929. The lowest BCUT2D eigenvalue weighted by Gasteiger charge is -2.27. The highest BCUT2D eigenvalue weighted by atomic mass is 16.6. The molecular weight excluding hydrogens is 478 g/mol. The average Bonchev–Trinajstić information content (AvgIpc) is 2.84. The fourth-order valence-corrected chi connectivity index (χ4v) is 3.34. The van der Waals surface area contributed by atoms with Crippen molar-refractivity contribution >= 4 is 23.9 Å². The topological polar surface area (TPSA) is 131 Å². The molecule has 1 aromatic carbocycles. The van der Waals surface area contributed by atoms with Crippen molar-refractivity contribution in [1.82, 2.24) is 0 Å². The lowest BCUT2D eigenvalue weighted by Crippen LogP contribution is -2.51. The second-order valence-electron chi connectivity index (χ2n) is 10.1. The van der Waals surface area contributed by atoms with Crippen LogP contribution >= 0.6 is 0 Å². The third kappa shape index (κ3) is 10.9. The number of esters is 4. The van der Waals surface area contributed by atoms with E-state index in [2.05, 4.69) is 0 Å². The summed E-state index contributed by atoms with van der Waals surface area (Å²) >= 11 is 0. The van der Waals surface area contributed by atoms with Crippen LogP contribution in [0.2, 0.25) is 0 Å². The van der Waals surface area contributed by atoms with E-state index in [1.54, 1.807) is 19.9 Å². The fraction of sp³-hybridized carbons (Fsp3) is 0.643. The van der Waals surface area contributed by atoms with Crippen LogP contribution in [0.1, 0.15) is 79.2 Å².